The van der Waals surface area contributed by atoms with Crippen molar-refractivity contribution in [3.63, 3.8) is 0 Å². The highest BCUT2D eigenvalue weighted by Crippen LogP contribution is 2.55. The highest BCUT2D eigenvalue weighted by Gasteiger charge is 2.44. The first kappa shape index (κ1) is 33.6. The number of para-hydroxylation sites is 1. The fraction of sp³-hybridized carbons (Fsp3) is 0.282. The summed E-state index contributed by atoms with van der Waals surface area (Å²) in [6.45, 7) is 5.27. The summed E-state index contributed by atoms with van der Waals surface area (Å²) in [6, 6.07) is 41.7. The molecule has 4 aromatic rings. The molecular formula is C39H46BrOP. The zero-order valence-corrected chi connectivity index (χ0v) is 27.8. The summed E-state index contributed by atoms with van der Waals surface area (Å²) >= 11 is 0. The molecule has 0 heterocycles. The van der Waals surface area contributed by atoms with Crippen LogP contribution in [0, 0.1) is 0 Å². The number of allylic oxidation sites excluding steroid dienone is 3. The van der Waals surface area contributed by atoms with Crippen molar-refractivity contribution >= 4 is 29.3 Å². The standard InChI is InChI=1S/C39H46OP.BrH/c1-3-4-5-6-7-8-20-32-40-39-28-19-18-21-35(39)30-29-34(2)31-33-41(36-22-12-9-13-23-36,37-24-14-10-15-25-37)38-26-16-11-17-27-38;/h9-19,21-31H,3-8,20,32-33H2,1-2H3;1H/q+1;/p-1/b30-29?,34-31+;. The second-order valence-electron chi connectivity index (χ2n) is 10.8. The quantitative estimate of drug-likeness (QED) is 0.0746. The summed E-state index contributed by atoms with van der Waals surface area (Å²) in [6.07, 6.45) is 16.9. The molecule has 0 amide bonds. The van der Waals surface area contributed by atoms with E-state index in [1.54, 1.807) is 0 Å². The van der Waals surface area contributed by atoms with Crippen molar-refractivity contribution in [2.75, 3.05) is 12.8 Å². The molecule has 0 aliphatic carbocycles. The van der Waals surface area contributed by atoms with Crippen LogP contribution in [0.3, 0.4) is 0 Å². The second kappa shape index (κ2) is 18.6. The van der Waals surface area contributed by atoms with E-state index in [0.717, 1.165) is 30.5 Å². The Bertz CT molecular complexity index is 1250. The van der Waals surface area contributed by atoms with Crippen LogP contribution in [0.5, 0.6) is 5.75 Å². The third-order valence-corrected chi connectivity index (χ3v) is 12.0. The molecule has 0 aliphatic rings. The molecule has 3 heteroatoms. The lowest BCUT2D eigenvalue weighted by Gasteiger charge is -2.26. The van der Waals surface area contributed by atoms with Crippen LogP contribution >= 0.6 is 7.26 Å². The van der Waals surface area contributed by atoms with Crippen LogP contribution in [0.15, 0.2) is 133 Å². The lowest BCUT2D eigenvalue weighted by molar-refractivity contribution is -0.00000867. The molecular weight excluding hydrogens is 595 g/mol. The fourth-order valence-corrected chi connectivity index (χ4v) is 9.50. The van der Waals surface area contributed by atoms with Gasteiger partial charge in [0.05, 0.1) is 12.8 Å². The van der Waals surface area contributed by atoms with E-state index >= 15 is 0 Å². The monoisotopic (exact) mass is 640 g/mol. The molecule has 4 aromatic carbocycles. The minimum atomic E-state index is -1.88. The Kier molecular flexibility index (Phi) is 14.8. The topological polar surface area (TPSA) is 9.23 Å². The highest BCUT2D eigenvalue weighted by molar-refractivity contribution is 7.95. The van der Waals surface area contributed by atoms with Gasteiger partial charge >= 0.3 is 0 Å². The first-order valence-corrected chi connectivity index (χ1v) is 17.3. The van der Waals surface area contributed by atoms with Crippen LogP contribution in [0.4, 0.5) is 0 Å². The maximum atomic E-state index is 6.22. The van der Waals surface area contributed by atoms with Gasteiger partial charge in [-0.25, -0.2) is 0 Å². The summed E-state index contributed by atoms with van der Waals surface area (Å²) in [7, 11) is -1.88. The van der Waals surface area contributed by atoms with Gasteiger partial charge in [-0.15, -0.1) is 0 Å². The van der Waals surface area contributed by atoms with Gasteiger partial charge in [-0.05, 0) is 61.9 Å². The van der Waals surface area contributed by atoms with Gasteiger partial charge in [0.25, 0.3) is 0 Å². The second-order valence-corrected chi connectivity index (χ2v) is 14.3. The first-order valence-electron chi connectivity index (χ1n) is 15.4. The van der Waals surface area contributed by atoms with E-state index in [1.165, 1.54) is 60.0 Å². The van der Waals surface area contributed by atoms with Crippen LogP contribution in [0.1, 0.15) is 64.4 Å². The smallest absolute Gasteiger partial charge is 0.126 e. The number of ether oxygens (including phenoxy) is 1. The van der Waals surface area contributed by atoms with Crippen molar-refractivity contribution in [3.8, 4) is 5.75 Å². The van der Waals surface area contributed by atoms with Gasteiger partial charge in [0.15, 0.2) is 0 Å². The Labute approximate surface area is 265 Å². The van der Waals surface area contributed by atoms with Crippen LogP contribution in [-0.2, 0) is 0 Å². The van der Waals surface area contributed by atoms with Gasteiger partial charge in [-0.1, -0.05) is 136 Å². The average Bonchev–Trinajstić information content (AvgIpc) is 3.03. The third kappa shape index (κ3) is 9.55. The molecule has 0 saturated carbocycles. The molecule has 0 saturated heterocycles. The van der Waals surface area contributed by atoms with E-state index in [9.17, 15) is 0 Å². The third-order valence-electron chi connectivity index (χ3n) is 7.73. The summed E-state index contributed by atoms with van der Waals surface area (Å²) in [5.74, 6) is 0.974. The first-order chi connectivity index (χ1) is 20.2. The summed E-state index contributed by atoms with van der Waals surface area (Å²) < 4.78 is 6.22. The Hall–Kier alpha value is -2.93. The van der Waals surface area contributed by atoms with E-state index in [-0.39, 0.29) is 17.0 Å². The Morgan fingerprint density at radius 1 is 0.619 bits per heavy atom. The van der Waals surface area contributed by atoms with Gasteiger partial charge in [-0.3, -0.25) is 0 Å². The van der Waals surface area contributed by atoms with Crippen LogP contribution in [-0.4, -0.2) is 12.8 Å². The maximum absolute atomic E-state index is 6.22. The molecule has 220 valence electrons. The molecule has 0 atom stereocenters. The van der Waals surface area contributed by atoms with Crippen LogP contribution in [0.25, 0.3) is 6.08 Å². The molecule has 0 radical (unpaired) electrons. The average molecular weight is 642 g/mol. The van der Waals surface area contributed by atoms with E-state index < -0.39 is 7.26 Å². The van der Waals surface area contributed by atoms with E-state index in [0.29, 0.717) is 0 Å². The number of benzene rings is 4. The molecule has 4 rings (SSSR count). The Morgan fingerprint density at radius 3 is 1.64 bits per heavy atom. The summed E-state index contributed by atoms with van der Waals surface area (Å²) in [5, 5.41) is 4.23. The Morgan fingerprint density at radius 2 is 1.10 bits per heavy atom. The molecule has 0 aromatic heterocycles. The minimum Gasteiger partial charge on any atom is -1.00 e. The summed E-state index contributed by atoms with van der Waals surface area (Å²) in [5.41, 5.74) is 2.40. The molecule has 0 fully saturated rings. The van der Waals surface area contributed by atoms with Crippen LogP contribution < -0.4 is 37.6 Å². The van der Waals surface area contributed by atoms with Crippen molar-refractivity contribution in [2.45, 2.75) is 58.8 Å². The van der Waals surface area contributed by atoms with Gasteiger partial charge in [-0.2, -0.15) is 0 Å². The maximum Gasteiger partial charge on any atom is 0.126 e. The number of rotatable bonds is 16. The number of hydrogen-bond donors (Lipinski definition) is 0. The van der Waals surface area contributed by atoms with Crippen molar-refractivity contribution < 1.29 is 21.7 Å². The predicted molar refractivity (Wildman–Crippen MR) is 183 cm³/mol. The van der Waals surface area contributed by atoms with Gasteiger partial charge in [0.1, 0.15) is 28.9 Å². The zero-order chi connectivity index (χ0) is 28.6. The molecule has 0 bridgehead atoms. The van der Waals surface area contributed by atoms with E-state index in [1.807, 2.05) is 0 Å². The normalized spacial score (nSPS) is 11.8. The molecule has 0 aliphatic heterocycles. The molecule has 0 unspecified atom stereocenters. The number of unbranched alkanes of at least 4 members (excludes halogenated alkanes) is 6. The molecule has 0 spiro atoms. The molecule has 0 N–H and O–H groups in total. The number of halogens is 1. The summed E-state index contributed by atoms with van der Waals surface area (Å²) in [4.78, 5) is 0. The molecule has 1 nitrogen and oxygen atoms in total. The van der Waals surface area contributed by atoms with Crippen molar-refractivity contribution in [2.24, 2.45) is 0 Å². The van der Waals surface area contributed by atoms with Gasteiger partial charge in [0.2, 0.25) is 0 Å². The SMILES string of the molecule is CCCCCCCCCOc1ccccc1C=C/C(C)=C/C[P+](c1ccccc1)(c1ccccc1)c1ccccc1.[Br-]. The van der Waals surface area contributed by atoms with Gasteiger partial charge in [0, 0.05) is 5.56 Å². The van der Waals surface area contributed by atoms with Crippen molar-refractivity contribution in [1.82, 2.24) is 0 Å². The van der Waals surface area contributed by atoms with Crippen molar-refractivity contribution in [1.29, 1.82) is 0 Å². The zero-order valence-electron chi connectivity index (χ0n) is 25.3. The van der Waals surface area contributed by atoms with Crippen LogP contribution in [0.2, 0.25) is 0 Å². The van der Waals surface area contributed by atoms with Gasteiger partial charge < -0.3 is 21.7 Å². The van der Waals surface area contributed by atoms with E-state index in [2.05, 4.69) is 147 Å². The number of hydrogen-bond acceptors (Lipinski definition) is 1. The lowest BCUT2D eigenvalue weighted by atomic mass is 10.1. The highest BCUT2D eigenvalue weighted by atomic mass is 79.9. The Balaban J connectivity index is 0.00000484. The predicted octanol–water partition coefficient (Wildman–Crippen LogP) is 6.77. The molecule has 42 heavy (non-hydrogen) atoms. The van der Waals surface area contributed by atoms with Crippen molar-refractivity contribution in [3.05, 3.63) is 139 Å². The van der Waals surface area contributed by atoms with E-state index in [4.69, 9.17) is 4.74 Å². The fourth-order valence-electron chi connectivity index (χ4n) is 5.37. The minimum absolute atomic E-state index is 0. The largest absolute Gasteiger partial charge is 1.00 e. The lowest BCUT2D eigenvalue weighted by Crippen LogP contribution is -3.00.